The maximum atomic E-state index is 12.6. The molecule has 2 fully saturated rings. The van der Waals surface area contributed by atoms with E-state index in [0.717, 1.165) is 32.1 Å². The van der Waals surface area contributed by atoms with Crippen molar-refractivity contribution >= 4 is 28.6 Å². The van der Waals surface area contributed by atoms with Gasteiger partial charge in [-0.05, 0) is 44.6 Å². The molecule has 0 spiro atoms. The van der Waals surface area contributed by atoms with E-state index in [1.165, 1.54) is 0 Å². The molecule has 1 saturated heterocycles. The zero-order chi connectivity index (χ0) is 19.7. The Morgan fingerprint density at radius 3 is 2.65 bits per heavy atom. The van der Waals surface area contributed by atoms with E-state index in [1.807, 2.05) is 33.8 Å². The monoisotopic (exact) mass is 381 g/mol. The third-order valence-corrected chi connectivity index (χ3v) is 4.90. The van der Waals surface area contributed by atoms with E-state index in [1.54, 1.807) is 11.0 Å². The number of hydrogen-bond donors (Lipinski definition) is 1. The average molecular weight is 382 g/mol. The first kappa shape index (κ1) is 22.4. The molecule has 3 atom stereocenters. The van der Waals surface area contributed by atoms with Crippen LogP contribution in [0.15, 0.2) is 29.5 Å². The van der Waals surface area contributed by atoms with Gasteiger partial charge in [0.2, 0.25) is 11.8 Å². The highest BCUT2D eigenvalue weighted by Gasteiger charge is 2.50. The Labute approximate surface area is 162 Å². The number of carbonyl (C=O) groups is 2. The fourth-order valence-corrected chi connectivity index (χ4v) is 3.91. The van der Waals surface area contributed by atoms with E-state index in [4.69, 9.17) is 11.6 Å². The summed E-state index contributed by atoms with van der Waals surface area (Å²) in [7, 11) is 0. The van der Waals surface area contributed by atoms with Crippen LogP contribution in [0.1, 0.15) is 66.2 Å². The second-order valence-corrected chi connectivity index (χ2v) is 6.78. The van der Waals surface area contributed by atoms with Gasteiger partial charge in [-0.2, -0.15) is 0 Å². The molecule has 6 heteroatoms. The van der Waals surface area contributed by atoms with Crippen molar-refractivity contribution in [3.8, 4) is 0 Å². The lowest BCUT2D eigenvalue weighted by atomic mass is 9.97. The van der Waals surface area contributed by atoms with Gasteiger partial charge in [0.15, 0.2) is 0 Å². The number of nitrogens with zero attached hydrogens (tertiary/aromatic N) is 2. The van der Waals surface area contributed by atoms with Crippen molar-refractivity contribution in [3.05, 3.63) is 24.6 Å². The van der Waals surface area contributed by atoms with Gasteiger partial charge in [0.1, 0.15) is 17.0 Å². The van der Waals surface area contributed by atoms with E-state index >= 15 is 0 Å². The number of piperidine rings is 1. The van der Waals surface area contributed by atoms with Crippen molar-refractivity contribution in [2.75, 3.05) is 0 Å². The molecule has 146 valence electrons. The number of fused-ring (bicyclic) bond motifs is 2. The standard InChI is InChI=1S/C15H20ClN3O2.C3H6.C2H6/c1-2-13(20)19-10-7-6-9(8-10)14(19)15(21)18-12-5-3-4-11(16)17-12;1-3-2;1-2/h5,9-10,14H,2-4,6-8H2,1H3,(H,18,21);3H,1H2,2H3;1-2H3. The maximum absolute atomic E-state index is 12.6. The number of carbonyl (C=O) groups excluding carboxylic acids is 2. The normalized spacial score (nSPS) is 25.7. The molecule has 0 aromatic carbocycles. The molecule has 0 aromatic heterocycles. The summed E-state index contributed by atoms with van der Waals surface area (Å²) < 4.78 is 0. The number of nitrogens with one attached hydrogen (secondary N) is 1. The molecule has 1 N–H and O–H groups in total. The summed E-state index contributed by atoms with van der Waals surface area (Å²) >= 11 is 5.91. The number of halogens is 1. The van der Waals surface area contributed by atoms with Crippen molar-refractivity contribution < 1.29 is 9.59 Å². The first-order chi connectivity index (χ1) is 12.5. The SMILES string of the molecule is C=CC.CC.CCC(=O)N1C2CCC(C2)C1C(=O)NC1=CCCC(Cl)=N1. The van der Waals surface area contributed by atoms with Crippen LogP contribution in [-0.4, -0.2) is 34.0 Å². The Hall–Kier alpha value is -1.62. The molecule has 3 rings (SSSR count). The largest absolute Gasteiger partial charge is 0.327 e. The van der Waals surface area contributed by atoms with Gasteiger partial charge in [-0.15, -0.1) is 6.58 Å². The van der Waals surface area contributed by atoms with Crippen LogP contribution in [0.4, 0.5) is 0 Å². The lowest BCUT2D eigenvalue weighted by Crippen LogP contribution is -2.52. The molecule has 26 heavy (non-hydrogen) atoms. The highest BCUT2D eigenvalue weighted by molar-refractivity contribution is 6.65. The van der Waals surface area contributed by atoms with Gasteiger partial charge in [-0.3, -0.25) is 9.59 Å². The molecule has 1 aliphatic carbocycles. The average Bonchev–Trinajstić information content (AvgIpc) is 3.25. The third-order valence-electron chi connectivity index (χ3n) is 4.63. The summed E-state index contributed by atoms with van der Waals surface area (Å²) in [5.74, 6) is 0.754. The summed E-state index contributed by atoms with van der Waals surface area (Å²) in [6, 6.07) is -0.0985. The summed E-state index contributed by atoms with van der Waals surface area (Å²) in [5, 5.41) is 3.36. The predicted molar refractivity (Wildman–Crippen MR) is 108 cm³/mol. The Kier molecular flexibility index (Phi) is 9.63. The van der Waals surface area contributed by atoms with Crippen molar-refractivity contribution in [1.82, 2.24) is 10.2 Å². The summed E-state index contributed by atoms with van der Waals surface area (Å²) in [5.41, 5.74) is 0. The number of amides is 2. The van der Waals surface area contributed by atoms with Gasteiger partial charge in [-0.25, -0.2) is 4.99 Å². The van der Waals surface area contributed by atoms with Crippen molar-refractivity contribution in [2.45, 2.75) is 78.3 Å². The molecule has 2 aliphatic heterocycles. The Morgan fingerprint density at radius 1 is 1.42 bits per heavy atom. The lowest BCUT2D eigenvalue weighted by molar-refractivity contribution is -0.142. The second kappa shape index (κ2) is 11.2. The van der Waals surface area contributed by atoms with E-state index in [-0.39, 0.29) is 29.8 Å². The Morgan fingerprint density at radius 2 is 2.08 bits per heavy atom. The summed E-state index contributed by atoms with van der Waals surface area (Å²) in [4.78, 5) is 30.7. The zero-order valence-electron chi connectivity index (χ0n) is 16.4. The van der Waals surface area contributed by atoms with Crippen LogP contribution in [0.5, 0.6) is 0 Å². The van der Waals surface area contributed by atoms with Crippen LogP contribution in [0.25, 0.3) is 0 Å². The van der Waals surface area contributed by atoms with Gasteiger partial charge >= 0.3 is 0 Å². The number of rotatable bonds is 3. The fraction of sp³-hybridized carbons (Fsp3) is 0.650. The minimum atomic E-state index is -0.340. The van der Waals surface area contributed by atoms with E-state index < -0.39 is 0 Å². The summed E-state index contributed by atoms with van der Waals surface area (Å²) in [6.45, 7) is 11.1. The van der Waals surface area contributed by atoms with Crippen LogP contribution in [0, 0.1) is 5.92 Å². The molecule has 0 aromatic rings. The number of likely N-dealkylation sites (tertiary alicyclic amines) is 1. The molecule has 5 nitrogen and oxygen atoms in total. The van der Waals surface area contributed by atoms with Gasteiger partial charge in [0.05, 0.1) is 0 Å². The topological polar surface area (TPSA) is 61.8 Å². The van der Waals surface area contributed by atoms with E-state index in [9.17, 15) is 9.59 Å². The van der Waals surface area contributed by atoms with Gasteiger partial charge in [-0.1, -0.05) is 38.4 Å². The van der Waals surface area contributed by atoms with Crippen LogP contribution in [-0.2, 0) is 9.59 Å². The lowest BCUT2D eigenvalue weighted by Gasteiger charge is -2.34. The van der Waals surface area contributed by atoms with Crippen LogP contribution < -0.4 is 5.32 Å². The number of allylic oxidation sites excluding steroid dienone is 2. The summed E-state index contributed by atoms with van der Waals surface area (Å²) in [6.07, 6.45) is 8.57. The minimum Gasteiger partial charge on any atom is -0.327 e. The van der Waals surface area contributed by atoms with Crippen LogP contribution in [0.2, 0.25) is 0 Å². The predicted octanol–water partition coefficient (Wildman–Crippen LogP) is 4.38. The maximum Gasteiger partial charge on any atom is 0.248 e. The number of hydrogen-bond acceptors (Lipinski definition) is 3. The first-order valence-corrected chi connectivity index (χ1v) is 10.0. The quantitative estimate of drug-likeness (QED) is 0.737. The molecular formula is C20H32ClN3O2. The molecule has 2 heterocycles. The molecule has 2 bridgehead atoms. The first-order valence-electron chi connectivity index (χ1n) is 9.64. The number of aliphatic imine (C=N–C) groups is 1. The van der Waals surface area contributed by atoms with E-state index in [2.05, 4.69) is 16.9 Å². The van der Waals surface area contributed by atoms with E-state index in [0.29, 0.717) is 17.4 Å². The zero-order valence-corrected chi connectivity index (χ0v) is 17.2. The van der Waals surface area contributed by atoms with Crippen molar-refractivity contribution in [3.63, 3.8) is 0 Å². The van der Waals surface area contributed by atoms with Crippen LogP contribution in [0.3, 0.4) is 0 Å². The molecule has 1 saturated carbocycles. The minimum absolute atomic E-state index is 0.0708. The van der Waals surface area contributed by atoms with Gasteiger partial charge < -0.3 is 10.2 Å². The smallest absolute Gasteiger partial charge is 0.248 e. The van der Waals surface area contributed by atoms with Gasteiger partial charge in [0.25, 0.3) is 0 Å². The van der Waals surface area contributed by atoms with Crippen molar-refractivity contribution in [2.24, 2.45) is 10.9 Å². The second-order valence-electron chi connectivity index (χ2n) is 6.34. The molecular weight excluding hydrogens is 350 g/mol. The fourth-order valence-electron chi connectivity index (χ4n) is 3.71. The highest BCUT2D eigenvalue weighted by Crippen LogP contribution is 2.42. The Bertz CT molecular complexity index is 571. The molecule has 0 radical (unpaired) electrons. The van der Waals surface area contributed by atoms with Crippen molar-refractivity contribution in [1.29, 1.82) is 0 Å². The van der Waals surface area contributed by atoms with Crippen LogP contribution >= 0.6 is 11.6 Å². The third kappa shape index (κ3) is 5.44. The molecule has 3 unspecified atom stereocenters. The van der Waals surface area contributed by atoms with Gasteiger partial charge in [0, 0.05) is 18.9 Å². The molecule has 3 aliphatic rings. The highest BCUT2D eigenvalue weighted by atomic mass is 35.5. The Balaban J connectivity index is 0.000000615. The molecule has 2 amide bonds.